The molecule has 0 spiro atoms. The van der Waals surface area contributed by atoms with Gasteiger partial charge in [0.05, 0.1) is 5.69 Å². The molecule has 0 atom stereocenters. The lowest BCUT2D eigenvalue weighted by Gasteiger charge is -2.03. The number of rotatable bonds is 6. The molecule has 0 aliphatic carbocycles. The average molecular weight is 203 g/mol. The monoisotopic (exact) mass is 203 g/mol. The molecular formula is C12H17N3. The first-order valence-corrected chi connectivity index (χ1v) is 5.25. The van der Waals surface area contributed by atoms with Crippen LogP contribution in [0, 0.1) is 19.3 Å². The van der Waals surface area contributed by atoms with Crippen molar-refractivity contribution in [2.24, 2.45) is 0 Å². The van der Waals surface area contributed by atoms with Crippen LogP contribution >= 0.6 is 0 Å². The molecule has 0 fully saturated rings. The van der Waals surface area contributed by atoms with Crippen molar-refractivity contribution >= 4 is 0 Å². The van der Waals surface area contributed by atoms with E-state index < -0.39 is 0 Å². The Balaban J connectivity index is 2.13. The first-order chi connectivity index (χ1) is 7.33. The van der Waals surface area contributed by atoms with E-state index in [1.807, 2.05) is 13.0 Å². The maximum Gasteiger partial charge on any atom is 0.125 e. The van der Waals surface area contributed by atoms with Crippen LogP contribution in [-0.2, 0) is 6.54 Å². The summed E-state index contributed by atoms with van der Waals surface area (Å²) in [5.41, 5.74) is 1.04. The smallest absolute Gasteiger partial charge is 0.125 e. The predicted molar refractivity (Wildman–Crippen MR) is 61.2 cm³/mol. The fourth-order valence-corrected chi connectivity index (χ4v) is 1.30. The van der Waals surface area contributed by atoms with Crippen molar-refractivity contribution in [1.29, 1.82) is 0 Å². The van der Waals surface area contributed by atoms with Gasteiger partial charge in [0.2, 0.25) is 0 Å². The summed E-state index contributed by atoms with van der Waals surface area (Å²) in [5.74, 6) is 3.46. The highest BCUT2D eigenvalue weighted by molar-refractivity contribution is 5.00. The second-order valence-electron chi connectivity index (χ2n) is 3.43. The molecule has 0 saturated heterocycles. The Morgan fingerprint density at radius 1 is 1.47 bits per heavy atom. The molecule has 0 aliphatic heterocycles. The first-order valence-electron chi connectivity index (χ1n) is 5.25. The summed E-state index contributed by atoms with van der Waals surface area (Å²) < 4.78 is 0. The summed E-state index contributed by atoms with van der Waals surface area (Å²) in [7, 11) is 0. The van der Waals surface area contributed by atoms with Crippen LogP contribution < -0.4 is 5.32 Å². The van der Waals surface area contributed by atoms with Crippen molar-refractivity contribution in [2.45, 2.75) is 32.7 Å². The fraction of sp³-hybridized carbons (Fsp3) is 0.500. The molecule has 0 unspecified atom stereocenters. The molecule has 3 nitrogen and oxygen atoms in total. The van der Waals surface area contributed by atoms with E-state index >= 15 is 0 Å². The van der Waals surface area contributed by atoms with Gasteiger partial charge in [-0.3, -0.25) is 0 Å². The predicted octanol–water partition coefficient (Wildman–Crippen LogP) is 1.68. The highest BCUT2D eigenvalue weighted by atomic mass is 14.9. The van der Waals surface area contributed by atoms with Gasteiger partial charge in [0.15, 0.2) is 0 Å². The molecule has 0 amide bonds. The summed E-state index contributed by atoms with van der Waals surface area (Å²) in [6, 6.07) is 1.93. The topological polar surface area (TPSA) is 37.8 Å². The number of nitrogens with zero attached hydrogens (tertiary/aromatic N) is 2. The van der Waals surface area contributed by atoms with Crippen molar-refractivity contribution in [2.75, 3.05) is 6.54 Å². The molecule has 1 aromatic heterocycles. The van der Waals surface area contributed by atoms with Gasteiger partial charge in [0.25, 0.3) is 0 Å². The number of unbranched alkanes of at least 4 members (excludes halogenated alkanes) is 2. The summed E-state index contributed by atoms with van der Waals surface area (Å²) in [6.45, 7) is 3.70. The van der Waals surface area contributed by atoms with Gasteiger partial charge in [0.1, 0.15) is 5.82 Å². The van der Waals surface area contributed by atoms with Crippen molar-refractivity contribution in [3.63, 3.8) is 0 Å². The number of hydrogen-bond acceptors (Lipinski definition) is 3. The van der Waals surface area contributed by atoms with Crippen molar-refractivity contribution < 1.29 is 0 Å². The second-order valence-corrected chi connectivity index (χ2v) is 3.43. The molecule has 1 rings (SSSR count). The second kappa shape index (κ2) is 6.97. The first kappa shape index (κ1) is 11.7. The lowest BCUT2D eigenvalue weighted by atomic mass is 10.2. The summed E-state index contributed by atoms with van der Waals surface area (Å²) in [5, 5.41) is 3.33. The summed E-state index contributed by atoms with van der Waals surface area (Å²) >= 11 is 0. The average Bonchev–Trinajstić information content (AvgIpc) is 2.23. The van der Waals surface area contributed by atoms with E-state index in [2.05, 4.69) is 21.2 Å². The van der Waals surface area contributed by atoms with Crippen LogP contribution in [0.25, 0.3) is 0 Å². The third-order valence-corrected chi connectivity index (χ3v) is 2.06. The number of aromatic nitrogens is 2. The maximum absolute atomic E-state index is 5.16. The zero-order valence-electron chi connectivity index (χ0n) is 9.16. The zero-order chi connectivity index (χ0) is 10.9. The molecule has 0 aromatic carbocycles. The van der Waals surface area contributed by atoms with Gasteiger partial charge in [-0.15, -0.1) is 12.3 Å². The molecule has 0 bridgehead atoms. The molecule has 3 heteroatoms. The molecule has 1 heterocycles. The third kappa shape index (κ3) is 5.14. The van der Waals surface area contributed by atoms with Crippen LogP contribution in [0.15, 0.2) is 12.3 Å². The van der Waals surface area contributed by atoms with E-state index in [-0.39, 0.29) is 0 Å². The van der Waals surface area contributed by atoms with E-state index in [1.165, 1.54) is 0 Å². The third-order valence-electron chi connectivity index (χ3n) is 2.06. The van der Waals surface area contributed by atoms with E-state index in [0.29, 0.717) is 0 Å². The maximum atomic E-state index is 5.16. The standard InChI is InChI=1S/C12H17N3/c1-3-4-5-6-8-13-10-12-7-9-14-11(2)15-12/h1,7,9,13H,4-6,8,10H2,2H3. The summed E-state index contributed by atoms with van der Waals surface area (Å²) in [6.07, 6.45) is 10.0. The molecular weight excluding hydrogens is 186 g/mol. The normalized spacial score (nSPS) is 9.87. The minimum atomic E-state index is 0.805. The molecule has 1 aromatic rings. The lowest BCUT2D eigenvalue weighted by molar-refractivity contribution is 0.620. The Bertz CT molecular complexity index is 328. The molecule has 1 N–H and O–H groups in total. The van der Waals surface area contributed by atoms with Crippen molar-refractivity contribution in [3.8, 4) is 12.3 Å². The fourth-order valence-electron chi connectivity index (χ4n) is 1.30. The number of nitrogens with one attached hydrogen (secondary N) is 1. The van der Waals surface area contributed by atoms with Crippen LogP contribution in [0.1, 0.15) is 30.8 Å². The molecule has 0 radical (unpaired) electrons. The quantitative estimate of drug-likeness (QED) is 0.564. The Morgan fingerprint density at radius 3 is 3.07 bits per heavy atom. The largest absolute Gasteiger partial charge is 0.311 e. The number of terminal acetylenes is 1. The Morgan fingerprint density at radius 2 is 2.33 bits per heavy atom. The number of hydrogen-bond donors (Lipinski definition) is 1. The van der Waals surface area contributed by atoms with Gasteiger partial charge in [-0.25, -0.2) is 9.97 Å². The van der Waals surface area contributed by atoms with Crippen LogP contribution in [0.2, 0.25) is 0 Å². The van der Waals surface area contributed by atoms with Gasteiger partial charge in [-0.05, 0) is 32.4 Å². The van der Waals surface area contributed by atoms with Crippen molar-refractivity contribution in [1.82, 2.24) is 15.3 Å². The molecule has 0 aliphatic rings. The van der Waals surface area contributed by atoms with Gasteiger partial charge in [0, 0.05) is 19.2 Å². The van der Waals surface area contributed by atoms with Crippen LogP contribution in [0.5, 0.6) is 0 Å². The van der Waals surface area contributed by atoms with Crippen molar-refractivity contribution in [3.05, 3.63) is 23.8 Å². The van der Waals surface area contributed by atoms with E-state index in [9.17, 15) is 0 Å². The van der Waals surface area contributed by atoms with Gasteiger partial charge in [-0.1, -0.05) is 0 Å². The number of aryl methyl sites for hydroxylation is 1. The molecule has 80 valence electrons. The zero-order valence-corrected chi connectivity index (χ0v) is 9.16. The van der Waals surface area contributed by atoms with E-state index in [0.717, 1.165) is 43.9 Å². The van der Waals surface area contributed by atoms with Crippen LogP contribution in [0.4, 0.5) is 0 Å². The van der Waals surface area contributed by atoms with E-state index in [1.54, 1.807) is 6.20 Å². The highest BCUT2D eigenvalue weighted by Crippen LogP contribution is 1.95. The highest BCUT2D eigenvalue weighted by Gasteiger charge is 1.94. The van der Waals surface area contributed by atoms with Crippen LogP contribution in [0.3, 0.4) is 0 Å². The minimum Gasteiger partial charge on any atom is -0.311 e. The Kier molecular flexibility index (Phi) is 5.42. The van der Waals surface area contributed by atoms with Gasteiger partial charge in [-0.2, -0.15) is 0 Å². The molecule has 0 saturated carbocycles. The Hall–Kier alpha value is -1.40. The summed E-state index contributed by atoms with van der Waals surface area (Å²) in [4.78, 5) is 8.35. The minimum absolute atomic E-state index is 0.805. The lowest BCUT2D eigenvalue weighted by Crippen LogP contribution is -2.15. The van der Waals surface area contributed by atoms with Gasteiger partial charge >= 0.3 is 0 Å². The SMILES string of the molecule is C#CCCCCNCc1ccnc(C)n1. The van der Waals surface area contributed by atoms with E-state index in [4.69, 9.17) is 6.42 Å². The van der Waals surface area contributed by atoms with Gasteiger partial charge < -0.3 is 5.32 Å². The molecule has 15 heavy (non-hydrogen) atoms. The Labute approximate surface area is 91.3 Å². The van der Waals surface area contributed by atoms with Crippen LogP contribution in [-0.4, -0.2) is 16.5 Å².